The van der Waals surface area contributed by atoms with E-state index in [4.69, 9.17) is 19.4 Å². The maximum atomic E-state index is 5.78. The van der Waals surface area contributed by atoms with Crippen LogP contribution in [0.15, 0.2) is 60.9 Å². The van der Waals surface area contributed by atoms with Crippen LogP contribution in [0.2, 0.25) is 0 Å². The van der Waals surface area contributed by atoms with Crippen molar-refractivity contribution in [1.29, 1.82) is 0 Å². The number of benzene rings is 2. The van der Waals surface area contributed by atoms with E-state index < -0.39 is 0 Å². The first-order chi connectivity index (χ1) is 14.7. The minimum Gasteiger partial charge on any atom is -0.497 e. The summed E-state index contributed by atoms with van der Waals surface area (Å²) in [6, 6.07) is 17.7. The molecule has 0 aliphatic rings. The molecule has 0 bridgehead atoms. The van der Waals surface area contributed by atoms with E-state index in [1.807, 2.05) is 60.9 Å². The molecule has 7 nitrogen and oxygen atoms in total. The maximum absolute atomic E-state index is 5.78. The summed E-state index contributed by atoms with van der Waals surface area (Å²) in [6.45, 7) is 5.32. The van der Waals surface area contributed by atoms with Gasteiger partial charge in [-0.15, -0.1) is 0 Å². The molecule has 0 aliphatic carbocycles. The Morgan fingerprint density at radius 2 is 1.73 bits per heavy atom. The minimum absolute atomic E-state index is 0.239. The third kappa shape index (κ3) is 4.20. The summed E-state index contributed by atoms with van der Waals surface area (Å²) in [6.07, 6.45) is 1.81. The van der Waals surface area contributed by atoms with Crippen LogP contribution in [-0.4, -0.2) is 39.8 Å². The first-order valence-corrected chi connectivity index (χ1v) is 9.96. The quantitative estimate of drug-likeness (QED) is 0.434. The van der Waals surface area contributed by atoms with E-state index in [-0.39, 0.29) is 6.04 Å². The van der Waals surface area contributed by atoms with Crippen molar-refractivity contribution in [1.82, 2.24) is 19.5 Å². The fourth-order valence-electron chi connectivity index (χ4n) is 3.14. The van der Waals surface area contributed by atoms with Gasteiger partial charge >= 0.3 is 0 Å². The van der Waals surface area contributed by atoms with Crippen LogP contribution in [0, 0.1) is 0 Å². The van der Waals surface area contributed by atoms with E-state index in [0.717, 1.165) is 28.2 Å². The summed E-state index contributed by atoms with van der Waals surface area (Å²) in [5, 5.41) is 3.37. The Labute approximate surface area is 175 Å². The van der Waals surface area contributed by atoms with Crippen molar-refractivity contribution in [3.8, 4) is 22.9 Å². The van der Waals surface area contributed by atoms with Crippen LogP contribution in [-0.2, 0) is 0 Å². The van der Waals surface area contributed by atoms with Crippen molar-refractivity contribution in [3.05, 3.63) is 60.9 Å². The summed E-state index contributed by atoms with van der Waals surface area (Å²) in [5.41, 5.74) is 2.47. The van der Waals surface area contributed by atoms with Gasteiger partial charge < -0.3 is 19.4 Å². The van der Waals surface area contributed by atoms with Gasteiger partial charge in [0.05, 0.1) is 20.0 Å². The first kappa shape index (κ1) is 19.7. The highest BCUT2D eigenvalue weighted by atomic mass is 16.5. The number of para-hydroxylation sites is 1. The Balaban J connectivity index is 1.61. The molecule has 0 radical (unpaired) electrons. The summed E-state index contributed by atoms with van der Waals surface area (Å²) in [4.78, 5) is 14.1. The molecule has 2 aromatic carbocycles. The standard InChI is InChI=1S/C23H25N5O2/c1-16(2)28-15-25-20-22(24-13-14-30-19-7-5-4-6-8-19)26-21(27-23(20)28)17-9-11-18(29-3)12-10-17/h4-12,15-16H,13-14H2,1-3H3,(H,24,26,27). The molecular weight excluding hydrogens is 378 g/mol. The Morgan fingerprint density at radius 1 is 0.967 bits per heavy atom. The van der Waals surface area contributed by atoms with Gasteiger partial charge in [0.1, 0.15) is 23.6 Å². The molecule has 7 heteroatoms. The lowest BCUT2D eigenvalue weighted by Crippen LogP contribution is -2.13. The molecule has 0 spiro atoms. The van der Waals surface area contributed by atoms with E-state index in [9.17, 15) is 0 Å². The molecule has 2 aromatic heterocycles. The molecule has 0 fully saturated rings. The highest BCUT2D eigenvalue weighted by Gasteiger charge is 2.15. The summed E-state index contributed by atoms with van der Waals surface area (Å²) >= 11 is 0. The van der Waals surface area contributed by atoms with Crippen LogP contribution in [0.5, 0.6) is 11.5 Å². The van der Waals surface area contributed by atoms with Gasteiger partial charge in [0.15, 0.2) is 17.3 Å². The van der Waals surface area contributed by atoms with Gasteiger partial charge in [0.2, 0.25) is 0 Å². The molecule has 0 unspecified atom stereocenters. The largest absolute Gasteiger partial charge is 0.497 e. The monoisotopic (exact) mass is 403 g/mol. The molecule has 0 saturated carbocycles. The number of anilines is 1. The highest BCUT2D eigenvalue weighted by molar-refractivity contribution is 5.85. The predicted molar refractivity (Wildman–Crippen MR) is 118 cm³/mol. The van der Waals surface area contributed by atoms with Crippen LogP contribution in [0.3, 0.4) is 0 Å². The number of hydrogen-bond acceptors (Lipinski definition) is 6. The van der Waals surface area contributed by atoms with E-state index in [1.165, 1.54) is 0 Å². The third-order valence-corrected chi connectivity index (χ3v) is 4.73. The molecule has 4 rings (SSSR count). The lowest BCUT2D eigenvalue weighted by molar-refractivity contribution is 0.333. The van der Waals surface area contributed by atoms with Gasteiger partial charge in [-0.05, 0) is 50.2 Å². The molecule has 0 aliphatic heterocycles. The van der Waals surface area contributed by atoms with Gasteiger partial charge in [-0.2, -0.15) is 0 Å². The zero-order valence-electron chi connectivity index (χ0n) is 17.4. The molecule has 0 atom stereocenters. The van der Waals surface area contributed by atoms with Crippen LogP contribution in [0.1, 0.15) is 19.9 Å². The number of aromatic nitrogens is 4. The Kier molecular flexibility index (Phi) is 5.79. The topological polar surface area (TPSA) is 74.1 Å². The molecule has 4 aromatic rings. The average Bonchev–Trinajstić information content (AvgIpc) is 3.22. The lowest BCUT2D eigenvalue weighted by atomic mass is 10.2. The van der Waals surface area contributed by atoms with Crippen LogP contribution in [0.25, 0.3) is 22.6 Å². The van der Waals surface area contributed by atoms with Gasteiger partial charge in [-0.25, -0.2) is 15.0 Å². The fraction of sp³-hybridized carbons (Fsp3) is 0.261. The number of ether oxygens (including phenoxy) is 2. The van der Waals surface area contributed by atoms with Gasteiger partial charge in [0, 0.05) is 11.6 Å². The second-order valence-electron chi connectivity index (χ2n) is 7.13. The molecule has 1 N–H and O–H groups in total. The highest BCUT2D eigenvalue weighted by Crippen LogP contribution is 2.27. The number of fused-ring (bicyclic) bond motifs is 1. The zero-order valence-corrected chi connectivity index (χ0v) is 17.4. The van der Waals surface area contributed by atoms with Crippen molar-refractivity contribution < 1.29 is 9.47 Å². The predicted octanol–water partition coefficient (Wildman–Crippen LogP) is 4.57. The summed E-state index contributed by atoms with van der Waals surface area (Å²) < 4.78 is 13.1. The molecule has 0 saturated heterocycles. The number of nitrogens with zero attached hydrogens (tertiary/aromatic N) is 4. The Morgan fingerprint density at radius 3 is 2.43 bits per heavy atom. The van der Waals surface area contributed by atoms with Crippen LogP contribution < -0.4 is 14.8 Å². The van der Waals surface area contributed by atoms with Gasteiger partial charge in [-0.3, -0.25) is 0 Å². The van der Waals surface area contributed by atoms with Crippen molar-refractivity contribution in [2.24, 2.45) is 0 Å². The van der Waals surface area contributed by atoms with Crippen LogP contribution in [0.4, 0.5) is 5.82 Å². The van der Waals surface area contributed by atoms with E-state index in [0.29, 0.717) is 24.8 Å². The van der Waals surface area contributed by atoms with Crippen molar-refractivity contribution in [3.63, 3.8) is 0 Å². The second kappa shape index (κ2) is 8.82. The lowest BCUT2D eigenvalue weighted by Gasteiger charge is -2.12. The molecular formula is C23H25N5O2. The van der Waals surface area contributed by atoms with Crippen molar-refractivity contribution in [2.45, 2.75) is 19.9 Å². The third-order valence-electron chi connectivity index (χ3n) is 4.73. The zero-order chi connectivity index (χ0) is 20.9. The number of rotatable bonds is 8. The maximum Gasteiger partial charge on any atom is 0.166 e. The SMILES string of the molecule is COc1ccc(-c2nc(NCCOc3ccccc3)c3ncn(C(C)C)c3n2)cc1. The molecule has 0 amide bonds. The number of nitrogens with one attached hydrogen (secondary N) is 1. The fourth-order valence-corrected chi connectivity index (χ4v) is 3.14. The molecule has 30 heavy (non-hydrogen) atoms. The number of methoxy groups -OCH3 is 1. The normalized spacial score (nSPS) is 11.1. The van der Waals surface area contributed by atoms with Crippen LogP contribution >= 0.6 is 0 Å². The minimum atomic E-state index is 0.239. The first-order valence-electron chi connectivity index (χ1n) is 9.96. The summed E-state index contributed by atoms with van der Waals surface area (Å²) in [7, 11) is 1.65. The smallest absolute Gasteiger partial charge is 0.166 e. The summed E-state index contributed by atoms with van der Waals surface area (Å²) in [5.74, 6) is 2.97. The van der Waals surface area contributed by atoms with E-state index in [2.05, 4.69) is 28.7 Å². The van der Waals surface area contributed by atoms with E-state index >= 15 is 0 Å². The molecule has 154 valence electrons. The van der Waals surface area contributed by atoms with Gasteiger partial charge in [-0.1, -0.05) is 18.2 Å². The second-order valence-corrected chi connectivity index (χ2v) is 7.13. The molecule has 2 heterocycles. The number of hydrogen-bond donors (Lipinski definition) is 1. The number of imidazole rings is 1. The Hall–Kier alpha value is -3.61. The van der Waals surface area contributed by atoms with E-state index in [1.54, 1.807) is 7.11 Å². The van der Waals surface area contributed by atoms with Crippen molar-refractivity contribution >= 4 is 17.0 Å². The van der Waals surface area contributed by atoms with Crippen molar-refractivity contribution in [2.75, 3.05) is 25.6 Å². The average molecular weight is 403 g/mol. The van der Waals surface area contributed by atoms with Gasteiger partial charge in [0.25, 0.3) is 0 Å². The Bertz CT molecular complexity index is 1110.